The summed E-state index contributed by atoms with van der Waals surface area (Å²) in [5.41, 5.74) is 0.411. The summed E-state index contributed by atoms with van der Waals surface area (Å²) in [7, 11) is 0. The zero-order valence-corrected chi connectivity index (χ0v) is 5.84. The molecule has 0 unspecified atom stereocenters. The number of aromatic nitrogens is 1. The van der Waals surface area contributed by atoms with Gasteiger partial charge in [-0.3, -0.25) is 0 Å². The van der Waals surface area contributed by atoms with Crippen LogP contribution in [0.25, 0.3) is 0 Å². The fraction of sp³-hybridized carbons (Fsp3) is 0.143. The molecule has 1 aromatic rings. The molecule has 0 aliphatic carbocycles. The van der Waals surface area contributed by atoms with Gasteiger partial charge in [0.25, 0.3) is 0 Å². The number of nitrogens with zero attached hydrogens (tertiary/aromatic N) is 2. The van der Waals surface area contributed by atoms with Gasteiger partial charge in [-0.1, -0.05) is 0 Å². The molecule has 56 valence electrons. The Hall–Kier alpha value is -1.54. The Morgan fingerprint density at radius 3 is 3.00 bits per heavy atom. The van der Waals surface area contributed by atoms with E-state index in [1.54, 1.807) is 6.92 Å². The Morgan fingerprint density at radius 1 is 1.73 bits per heavy atom. The first-order chi connectivity index (χ1) is 5.24. The van der Waals surface area contributed by atoms with Gasteiger partial charge in [-0.25, -0.2) is 14.2 Å². The first-order valence-corrected chi connectivity index (χ1v) is 2.94. The topological polar surface area (TPSA) is 42.3 Å². The van der Waals surface area contributed by atoms with Gasteiger partial charge >= 0.3 is 0 Å². The lowest BCUT2D eigenvalue weighted by atomic mass is 10.3. The summed E-state index contributed by atoms with van der Waals surface area (Å²) >= 11 is 0. The van der Waals surface area contributed by atoms with E-state index < -0.39 is 5.82 Å². The molecule has 4 heteroatoms. The van der Waals surface area contributed by atoms with Gasteiger partial charge in [0.05, 0.1) is 6.20 Å². The van der Waals surface area contributed by atoms with Crippen LogP contribution in [0.5, 0.6) is 0 Å². The Balaban J connectivity index is 3.14. The molecule has 0 saturated heterocycles. The molecule has 0 atom stereocenters. The number of carbonyl (C=O) groups excluding carboxylic acids is 1. The molecule has 0 fully saturated rings. The van der Waals surface area contributed by atoms with Crippen molar-refractivity contribution in [2.75, 3.05) is 0 Å². The minimum Gasteiger partial charge on any atom is -0.233 e. The average Bonchev–Trinajstić information content (AvgIpc) is 1.98. The van der Waals surface area contributed by atoms with E-state index in [1.807, 2.05) is 0 Å². The zero-order valence-electron chi connectivity index (χ0n) is 5.84. The molecule has 1 aromatic heterocycles. The standard InChI is InChI=1S/C7H5FN2O/c1-5-2-7(10-4-11)9-3-6(5)8/h2-3H,1H3. The average molecular weight is 152 g/mol. The third-order valence-electron chi connectivity index (χ3n) is 1.19. The van der Waals surface area contributed by atoms with Crippen LogP contribution in [0.2, 0.25) is 0 Å². The van der Waals surface area contributed by atoms with Gasteiger partial charge in [-0.05, 0) is 18.6 Å². The second-order valence-corrected chi connectivity index (χ2v) is 1.99. The highest BCUT2D eigenvalue weighted by atomic mass is 19.1. The summed E-state index contributed by atoms with van der Waals surface area (Å²) in [6.07, 6.45) is 2.34. The van der Waals surface area contributed by atoms with Crippen molar-refractivity contribution in [2.45, 2.75) is 6.92 Å². The normalized spacial score (nSPS) is 8.91. The number of isocyanates is 1. The van der Waals surface area contributed by atoms with Crippen LogP contribution >= 0.6 is 0 Å². The SMILES string of the molecule is Cc1cc(N=C=O)ncc1F. The summed E-state index contributed by atoms with van der Waals surface area (Å²) < 4.78 is 12.5. The molecule has 0 radical (unpaired) electrons. The van der Waals surface area contributed by atoms with Crippen LogP contribution in [0.1, 0.15) is 5.56 Å². The molecule has 1 rings (SSSR count). The van der Waals surface area contributed by atoms with E-state index in [0.717, 1.165) is 6.20 Å². The van der Waals surface area contributed by atoms with Crippen molar-refractivity contribution in [3.8, 4) is 0 Å². The van der Waals surface area contributed by atoms with E-state index in [9.17, 15) is 9.18 Å². The molecule has 0 aliphatic heterocycles. The van der Waals surface area contributed by atoms with E-state index in [0.29, 0.717) is 5.56 Å². The maximum atomic E-state index is 12.5. The zero-order chi connectivity index (χ0) is 8.27. The molecule has 0 saturated carbocycles. The predicted octanol–water partition coefficient (Wildman–Crippen LogP) is 1.50. The molecule has 0 aliphatic rings. The van der Waals surface area contributed by atoms with Crippen molar-refractivity contribution in [1.29, 1.82) is 0 Å². The fourth-order valence-corrected chi connectivity index (χ4v) is 0.632. The summed E-state index contributed by atoms with van der Waals surface area (Å²) in [4.78, 5) is 16.5. The van der Waals surface area contributed by atoms with Gasteiger partial charge in [0.1, 0.15) is 5.82 Å². The smallest absolute Gasteiger partial charge is 0.233 e. The van der Waals surface area contributed by atoms with Crippen molar-refractivity contribution in [3.63, 3.8) is 0 Å². The minimum absolute atomic E-state index is 0.180. The molecule has 0 bridgehead atoms. The van der Waals surface area contributed by atoms with Crippen LogP contribution in [-0.2, 0) is 4.79 Å². The fourth-order valence-electron chi connectivity index (χ4n) is 0.632. The van der Waals surface area contributed by atoms with Gasteiger partial charge in [0.2, 0.25) is 6.08 Å². The molecule has 3 nitrogen and oxygen atoms in total. The lowest BCUT2D eigenvalue weighted by molar-refractivity contribution is 0.565. The van der Waals surface area contributed by atoms with Crippen LogP contribution in [0.3, 0.4) is 0 Å². The van der Waals surface area contributed by atoms with E-state index in [4.69, 9.17) is 0 Å². The van der Waals surface area contributed by atoms with Gasteiger partial charge in [-0.15, -0.1) is 4.99 Å². The van der Waals surface area contributed by atoms with E-state index in [2.05, 4.69) is 9.98 Å². The molecule has 0 aromatic carbocycles. The Bertz CT molecular complexity index is 318. The van der Waals surface area contributed by atoms with Crippen LogP contribution in [0.4, 0.5) is 10.2 Å². The van der Waals surface area contributed by atoms with E-state index in [-0.39, 0.29) is 5.82 Å². The number of aliphatic imine (C=N–C) groups is 1. The highest BCUT2D eigenvalue weighted by molar-refractivity contribution is 5.45. The molecule has 1 heterocycles. The Morgan fingerprint density at radius 2 is 2.45 bits per heavy atom. The third-order valence-corrected chi connectivity index (χ3v) is 1.19. The number of hydrogen-bond acceptors (Lipinski definition) is 3. The number of aryl methyl sites for hydroxylation is 1. The maximum absolute atomic E-state index is 12.5. The van der Waals surface area contributed by atoms with E-state index >= 15 is 0 Å². The van der Waals surface area contributed by atoms with Crippen molar-refractivity contribution in [3.05, 3.63) is 23.6 Å². The first-order valence-electron chi connectivity index (χ1n) is 2.94. The lowest BCUT2D eigenvalue weighted by Crippen LogP contribution is -1.83. The highest BCUT2D eigenvalue weighted by Gasteiger charge is 1.97. The van der Waals surface area contributed by atoms with Gasteiger partial charge in [0.15, 0.2) is 5.82 Å². The second kappa shape index (κ2) is 3.03. The molecule has 0 spiro atoms. The van der Waals surface area contributed by atoms with Crippen molar-refractivity contribution in [2.24, 2.45) is 4.99 Å². The van der Waals surface area contributed by atoms with Gasteiger partial charge in [0, 0.05) is 0 Å². The first kappa shape index (κ1) is 7.57. The number of halogens is 1. The summed E-state index contributed by atoms with van der Waals surface area (Å²) in [5.74, 6) is -0.228. The third kappa shape index (κ3) is 1.69. The van der Waals surface area contributed by atoms with Crippen LogP contribution in [-0.4, -0.2) is 11.1 Å². The number of pyridine rings is 1. The summed E-state index contributed by atoms with van der Waals surface area (Å²) in [6, 6.07) is 1.38. The largest absolute Gasteiger partial charge is 0.242 e. The summed E-state index contributed by atoms with van der Waals surface area (Å²) in [6.45, 7) is 1.57. The Labute approximate surface area is 62.6 Å². The van der Waals surface area contributed by atoms with Gasteiger partial charge in [-0.2, -0.15) is 0 Å². The summed E-state index contributed by atoms with van der Waals surface area (Å²) in [5, 5.41) is 0. The molecular weight excluding hydrogens is 147 g/mol. The van der Waals surface area contributed by atoms with Crippen LogP contribution in [0.15, 0.2) is 17.3 Å². The number of rotatable bonds is 1. The van der Waals surface area contributed by atoms with E-state index in [1.165, 1.54) is 12.1 Å². The molecule has 0 N–H and O–H groups in total. The van der Waals surface area contributed by atoms with Crippen molar-refractivity contribution >= 4 is 11.9 Å². The molecule has 11 heavy (non-hydrogen) atoms. The molecule has 0 amide bonds. The number of hydrogen-bond donors (Lipinski definition) is 0. The second-order valence-electron chi connectivity index (χ2n) is 1.99. The quantitative estimate of drug-likeness (QED) is 0.452. The predicted molar refractivity (Wildman–Crippen MR) is 36.7 cm³/mol. The minimum atomic E-state index is -0.408. The Kier molecular flexibility index (Phi) is 2.09. The highest BCUT2D eigenvalue weighted by Crippen LogP contribution is 2.11. The monoisotopic (exact) mass is 152 g/mol. The molecular formula is C7H5FN2O. The van der Waals surface area contributed by atoms with Crippen LogP contribution in [0, 0.1) is 12.7 Å². The van der Waals surface area contributed by atoms with Crippen molar-refractivity contribution < 1.29 is 9.18 Å². The lowest BCUT2D eigenvalue weighted by Gasteiger charge is -1.93. The maximum Gasteiger partial charge on any atom is 0.242 e. The van der Waals surface area contributed by atoms with Crippen molar-refractivity contribution in [1.82, 2.24) is 4.98 Å². The van der Waals surface area contributed by atoms with Crippen LogP contribution < -0.4 is 0 Å². The van der Waals surface area contributed by atoms with Gasteiger partial charge < -0.3 is 0 Å².